The monoisotopic (exact) mass is 259 g/mol. The molecule has 0 saturated carbocycles. The van der Waals surface area contributed by atoms with Crippen molar-refractivity contribution in [2.45, 2.75) is 44.8 Å². The van der Waals surface area contributed by atoms with Crippen LogP contribution in [0.4, 0.5) is 0 Å². The molecule has 0 bridgehead atoms. The average Bonchev–Trinajstić information content (AvgIpc) is 2.36. The molecular formula is C13H25NO4. The van der Waals surface area contributed by atoms with Gasteiger partial charge in [-0.3, -0.25) is 4.79 Å². The smallest absolute Gasteiger partial charge is 0.248 e. The molecule has 1 rings (SSSR count). The molecule has 1 heterocycles. The summed E-state index contributed by atoms with van der Waals surface area (Å²) in [5.74, 6) is 0.00904. The van der Waals surface area contributed by atoms with E-state index in [9.17, 15) is 9.90 Å². The van der Waals surface area contributed by atoms with E-state index in [-0.39, 0.29) is 18.6 Å². The Kier molecular flexibility index (Phi) is 6.05. The van der Waals surface area contributed by atoms with Crippen molar-refractivity contribution in [2.24, 2.45) is 0 Å². The summed E-state index contributed by atoms with van der Waals surface area (Å²) in [4.78, 5) is 13.6. The summed E-state index contributed by atoms with van der Waals surface area (Å²) in [6, 6.07) is 0. The first-order chi connectivity index (χ1) is 8.50. The molecule has 1 fully saturated rings. The Labute approximate surface area is 109 Å². The van der Waals surface area contributed by atoms with E-state index in [1.807, 2.05) is 13.8 Å². The van der Waals surface area contributed by atoms with Crippen LogP contribution >= 0.6 is 0 Å². The van der Waals surface area contributed by atoms with Gasteiger partial charge in [0, 0.05) is 20.2 Å². The lowest BCUT2D eigenvalue weighted by atomic mass is 9.92. The van der Waals surface area contributed by atoms with Crippen LogP contribution < -0.4 is 0 Å². The molecule has 1 amide bonds. The number of carbonyl (C=O) groups excluding carboxylic acids is 1. The predicted molar refractivity (Wildman–Crippen MR) is 68.3 cm³/mol. The highest BCUT2D eigenvalue weighted by atomic mass is 16.5. The highest BCUT2D eigenvalue weighted by Crippen LogP contribution is 2.22. The van der Waals surface area contributed by atoms with E-state index >= 15 is 0 Å². The number of methoxy groups -OCH3 is 1. The zero-order chi connectivity index (χ0) is 13.6. The molecule has 1 saturated heterocycles. The average molecular weight is 259 g/mol. The van der Waals surface area contributed by atoms with E-state index in [1.54, 1.807) is 12.0 Å². The zero-order valence-electron chi connectivity index (χ0n) is 11.6. The quantitative estimate of drug-likeness (QED) is 0.766. The van der Waals surface area contributed by atoms with Crippen LogP contribution in [0.5, 0.6) is 0 Å². The molecule has 0 radical (unpaired) electrons. The van der Waals surface area contributed by atoms with Crippen LogP contribution in [0.25, 0.3) is 0 Å². The van der Waals surface area contributed by atoms with Gasteiger partial charge >= 0.3 is 0 Å². The Morgan fingerprint density at radius 3 is 2.56 bits per heavy atom. The fourth-order valence-electron chi connectivity index (χ4n) is 2.01. The number of hydrogen-bond donors (Lipinski definition) is 1. The van der Waals surface area contributed by atoms with Crippen LogP contribution in [-0.2, 0) is 14.3 Å². The van der Waals surface area contributed by atoms with E-state index in [0.717, 1.165) is 6.42 Å². The van der Waals surface area contributed by atoms with Gasteiger partial charge in [0.05, 0.1) is 18.3 Å². The van der Waals surface area contributed by atoms with E-state index in [0.29, 0.717) is 32.5 Å². The molecule has 0 aromatic heterocycles. The number of ether oxygens (including phenoxy) is 2. The molecule has 18 heavy (non-hydrogen) atoms. The molecule has 1 aliphatic heterocycles. The molecule has 0 aliphatic carbocycles. The molecule has 1 atom stereocenters. The summed E-state index contributed by atoms with van der Waals surface area (Å²) >= 11 is 0. The van der Waals surface area contributed by atoms with E-state index < -0.39 is 5.60 Å². The molecule has 5 heteroatoms. The summed E-state index contributed by atoms with van der Waals surface area (Å²) in [5, 5.41) is 10.1. The number of piperidine rings is 1. The maximum absolute atomic E-state index is 11.9. The van der Waals surface area contributed by atoms with Crippen LogP contribution in [-0.4, -0.2) is 61.0 Å². The fraction of sp³-hybridized carbons (Fsp3) is 0.923. The lowest BCUT2D eigenvalue weighted by Gasteiger charge is -2.37. The standard InChI is InChI=1S/C13H25NO4/c1-4-11(2)18-9-12(15)14-7-5-13(16,6-8-14)10-17-3/h11,16H,4-10H2,1-3H3. The maximum Gasteiger partial charge on any atom is 0.248 e. The number of carbonyl (C=O) groups is 1. The van der Waals surface area contributed by atoms with Crippen molar-refractivity contribution in [1.82, 2.24) is 4.90 Å². The van der Waals surface area contributed by atoms with Gasteiger partial charge in [0.2, 0.25) is 5.91 Å². The first kappa shape index (κ1) is 15.4. The largest absolute Gasteiger partial charge is 0.387 e. The van der Waals surface area contributed by atoms with Gasteiger partial charge in [0.15, 0.2) is 0 Å². The number of likely N-dealkylation sites (tertiary alicyclic amines) is 1. The van der Waals surface area contributed by atoms with Crippen molar-refractivity contribution in [3.8, 4) is 0 Å². The molecule has 0 spiro atoms. The first-order valence-corrected chi connectivity index (χ1v) is 6.61. The molecule has 1 N–H and O–H groups in total. The Bertz CT molecular complexity index is 262. The van der Waals surface area contributed by atoms with Crippen LogP contribution in [0.1, 0.15) is 33.1 Å². The number of amides is 1. The molecule has 5 nitrogen and oxygen atoms in total. The Hall–Kier alpha value is -0.650. The topological polar surface area (TPSA) is 59.0 Å². The predicted octanol–water partition coefficient (Wildman–Crippen LogP) is 0.801. The van der Waals surface area contributed by atoms with Gasteiger partial charge in [-0.15, -0.1) is 0 Å². The summed E-state index contributed by atoms with van der Waals surface area (Å²) < 4.78 is 10.4. The third kappa shape index (κ3) is 4.55. The van der Waals surface area contributed by atoms with Gasteiger partial charge in [0.25, 0.3) is 0 Å². The number of nitrogens with zero attached hydrogens (tertiary/aromatic N) is 1. The van der Waals surface area contributed by atoms with E-state index in [1.165, 1.54) is 0 Å². The minimum Gasteiger partial charge on any atom is -0.387 e. The lowest BCUT2D eigenvalue weighted by Crippen LogP contribution is -2.49. The van der Waals surface area contributed by atoms with Gasteiger partial charge in [-0.05, 0) is 26.2 Å². The number of aliphatic hydroxyl groups is 1. The SMILES string of the molecule is CCC(C)OCC(=O)N1CCC(O)(COC)CC1. The molecule has 106 valence electrons. The highest BCUT2D eigenvalue weighted by molar-refractivity contribution is 5.77. The summed E-state index contributed by atoms with van der Waals surface area (Å²) in [6.07, 6.45) is 2.15. The van der Waals surface area contributed by atoms with Crippen molar-refractivity contribution in [3.63, 3.8) is 0 Å². The molecule has 0 aromatic carbocycles. The fourth-order valence-corrected chi connectivity index (χ4v) is 2.01. The molecule has 1 aliphatic rings. The maximum atomic E-state index is 11.9. The normalized spacial score (nSPS) is 20.8. The zero-order valence-corrected chi connectivity index (χ0v) is 11.6. The Balaban J connectivity index is 2.31. The molecular weight excluding hydrogens is 234 g/mol. The van der Waals surface area contributed by atoms with Gasteiger partial charge in [-0.1, -0.05) is 6.92 Å². The minimum absolute atomic E-state index is 0.00904. The Morgan fingerprint density at radius 2 is 2.06 bits per heavy atom. The molecule has 1 unspecified atom stereocenters. The minimum atomic E-state index is -0.775. The number of rotatable bonds is 6. The Morgan fingerprint density at radius 1 is 1.44 bits per heavy atom. The van der Waals surface area contributed by atoms with Gasteiger partial charge in [-0.2, -0.15) is 0 Å². The van der Waals surface area contributed by atoms with Gasteiger partial charge in [-0.25, -0.2) is 0 Å². The van der Waals surface area contributed by atoms with Crippen molar-refractivity contribution in [2.75, 3.05) is 33.4 Å². The lowest BCUT2D eigenvalue weighted by molar-refractivity contribution is -0.143. The van der Waals surface area contributed by atoms with Crippen molar-refractivity contribution >= 4 is 5.91 Å². The van der Waals surface area contributed by atoms with Gasteiger partial charge in [0.1, 0.15) is 6.61 Å². The highest BCUT2D eigenvalue weighted by Gasteiger charge is 2.33. The molecule has 0 aromatic rings. The van der Waals surface area contributed by atoms with E-state index in [4.69, 9.17) is 9.47 Å². The van der Waals surface area contributed by atoms with E-state index in [2.05, 4.69) is 0 Å². The van der Waals surface area contributed by atoms with Crippen molar-refractivity contribution < 1.29 is 19.4 Å². The van der Waals surface area contributed by atoms with Crippen LogP contribution in [0.15, 0.2) is 0 Å². The summed E-state index contributed by atoms with van der Waals surface area (Å²) in [6.45, 7) is 5.60. The van der Waals surface area contributed by atoms with Crippen molar-refractivity contribution in [3.05, 3.63) is 0 Å². The second-order valence-electron chi connectivity index (χ2n) is 5.07. The van der Waals surface area contributed by atoms with Crippen LogP contribution in [0.3, 0.4) is 0 Å². The van der Waals surface area contributed by atoms with Crippen LogP contribution in [0, 0.1) is 0 Å². The summed E-state index contributed by atoms with van der Waals surface area (Å²) in [5.41, 5.74) is -0.775. The third-order valence-electron chi connectivity index (χ3n) is 3.53. The van der Waals surface area contributed by atoms with Crippen molar-refractivity contribution in [1.29, 1.82) is 0 Å². The number of hydrogen-bond acceptors (Lipinski definition) is 4. The second-order valence-corrected chi connectivity index (χ2v) is 5.07. The first-order valence-electron chi connectivity index (χ1n) is 6.61. The second kappa shape index (κ2) is 7.07. The third-order valence-corrected chi connectivity index (χ3v) is 3.53. The van der Waals surface area contributed by atoms with Gasteiger partial charge < -0.3 is 19.5 Å². The van der Waals surface area contributed by atoms with Crippen LogP contribution in [0.2, 0.25) is 0 Å². The summed E-state index contributed by atoms with van der Waals surface area (Å²) in [7, 11) is 1.58.